The van der Waals surface area contributed by atoms with Crippen LogP contribution in [0.2, 0.25) is 0 Å². The second-order valence-electron chi connectivity index (χ2n) is 4.81. The van der Waals surface area contributed by atoms with E-state index in [0.29, 0.717) is 11.8 Å². The maximum atomic E-state index is 9.57. The van der Waals surface area contributed by atoms with E-state index in [2.05, 4.69) is 36.5 Å². The molecule has 16 heavy (non-hydrogen) atoms. The minimum Gasteiger partial charge on any atom is -0.396 e. The van der Waals surface area contributed by atoms with Gasteiger partial charge in [0.05, 0.1) is 6.61 Å². The van der Waals surface area contributed by atoms with Crippen LogP contribution in [0.25, 0.3) is 0 Å². The number of benzene rings is 1. The van der Waals surface area contributed by atoms with Gasteiger partial charge in [-0.2, -0.15) is 0 Å². The molecule has 0 aliphatic carbocycles. The standard InChI is InChI=1S/C14H21NO/c1-11-4-6-12(7-5-11)14(10-16)13-3-2-8-15-9-13/h4-7,13-16H,2-3,8-10H2,1H3. The van der Waals surface area contributed by atoms with Crippen LogP contribution in [0.4, 0.5) is 0 Å². The summed E-state index contributed by atoms with van der Waals surface area (Å²) in [6.07, 6.45) is 2.46. The van der Waals surface area contributed by atoms with E-state index in [-0.39, 0.29) is 6.61 Å². The molecule has 2 N–H and O–H groups in total. The van der Waals surface area contributed by atoms with E-state index in [0.717, 1.165) is 13.1 Å². The van der Waals surface area contributed by atoms with Gasteiger partial charge >= 0.3 is 0 Å². The molecule has 88 valence electrons. The zero-order chi connectivity index (χ0) is 11.4. The van der Waals surface area contributed by atoms with Crippen LogP contribution in [0, 0.1) is 12.8 Å². The summed E-state index contributed by atoms with van der Waals surface area (Å²) in [5.41, 5.74) is 2.56. The van der Waals surface area contributed by atoms with E-state index in [1.165, 1.54) is 24.0 Å². The van der Waals surface area contributed by atoms with Crippen molar-refractivity contribution in [1.82, 2.24) is 5.32 Å². The van der Waals surface area contributed by atoms with Crippen molar-refractivity contribution in [2.24, 2.45) is 5.92 Å². The fourth-order valence-electron chi connectivity index (χ4n) is 2.56. The quantitative estimate of drug-likeness (QED) is 0.815. The zero-order valence-electron chi connectivity index (χ0n) is 9.95. The molecule has 0 saturated carbocycles. The fraction of sp³-hybridized carbons (Fsp3) is 0.571. The number of aliphatic hydroxyl groups excluding tert-OH is 1. The lowest BCUT2D eigenvalue weighted by Crippen LogP contribution is -2.34. The first-order valence-electron chi connectivity index (χ1n) is 6.19. The molecule has 0 spiro atoms. The molecule has 0 amide bonds. The molecule has 2 unspecified atom stereocenters. The third-order valence-corrected chi connectivity index (χ3v) is 3.61. The number of aryl methyl sites for hydroxylation is 1. The second kappa shape index (κ2) is 5.46. The number of hydrogen-bond donors (Lipinski definition) is 2. The first kappa shape index (κ1) is 11.6. The number of piperidine rings is 1. The van der Waals surface area contributed by atoms with E-state index in [1.807, 2.05) is 0 Å². The average Bonchev–Trinajstić information content (AvgIpc) is 2.34. The van der Waals surface area contributed by atoms with Gasteiger partial charge < -0.3 is 10.4 Å². The van der Waals surface area contributed by atoms with E-state index in [4.69, 9.17) is 0 Å². The number of rotatable bonds is 3. The van der Waals surface area contributed by atoms with Gasteiger partial charge in [-0.25, -0.2) is 0 Å². The summed E-state index contributed by atoms with van der Waals surface area (Å²) < 4.78 is 0. The van der Waals surface area contributed by atoms with Crippen LogP contribution in [0.3, 0.4) is 0 Å². The zero-order valence-corrected chi connectivity index (χ0v) is 9.95. The van der Waals surface area contributed by atoms with Crippen LogP contribution >= 0.6 is 0 Å². The molecule has 1 fully saturated rings. The molecule has 2 nitrogen and oxygen atoms in total. The van der Waals surface area contributed by atoms with Crippen molar-refractivity contribution in [2.75, 3.05) is 19.7 Å². The van der Waals surface area contributed by atoms with Crippen LogP contribution in [0.1, 0.15) is 29.9 Å². The molecule has 0 radical (unpaired) electrons. The predicted molar refractivity (Wildman–Crippen MR) is 66.6 cm³/mol. The molecule has 1 aliphatic rings. The van der Waals surface area contributed by atoms with Crippen LogP contribution < -0.4 is 5.32 Å². The van der Waals surface area contributed by atoms with E-state index in [1.54, 1.807) is 0 Å². The van der Waals surface area contributed by atoms with Crippen molar-refractivity contribution in [3.8, 4) is 0 Å². The Kier molecular flexibility index (Phi) is 3.97. The van der Waals surface area contributed by atoms with Crippen molar-refractivity contribution >= 4 is 0 Å². The van der Waals surface area contributed by atoms with Crippen LogP contribution in [0.15, 0.2) is 24.3 Å². The van der Waals surface area contributed by atoms with Crippen LogP contribution in [0.5, 0.6) is 0 Å². The molecular formula is C14H21NO. The lowest BCUT2D eigenvalue weighted by atomic mass is 9.82. The van der Waals surface area contributed by atoms with Gasteiger partial charge in [0.15, 0.2) is 0 Å². The van der Waals surface area contributed by atoms with Gasteiger partial charge in [0, 0.05) is 5.92 Å². The Labute approximate surface area is 97.7 Å². The Morgan fingerprint density at radius 3 is 2.69 bits per heavy atom. The molecule has 0 bridgehead atoms. The largest absolute Gasteiger partial charge is 0.396 e. The first-order chi connectivity index (χ1) is 7.81. The van der Waals surface area contributed by atoms with Gasteiger partial charge in [-0.1, -0.05) is 29.8 Å². The van der Waals surface area contributed by atoms with Crippen molar-refractivity contribution in [3.63, 3.8) is 0 Å². The van der Waals surface area contributed by atoms with E-state index < -0.39 is 0 Å². The number of aliphatic hydroxyl groups is 1. The molecule has 1 aromatic carbocycles. The third-order valence-electron chi connectivity index (χ3n) is 3.61. The maximum absolute atomic E-state index is 9.57. The molecule has 1 heterocycles. The summed E-state index contributed by atoms with van der Waals surface area (Å²) in [4.78, 5) is 0. The van der Waals surface area contributed by atoms with Gasteiger partial charge in [-0.3, -0.25) is 0 Å². The SMILES string of the molecule is Cc1ccc(C(CO)C2CCCNC2)cc1. The van der Waals surface area contributed by atoms with Crippen molar-refractivity contribution in [3.05, 3.63) is 35.4 Å². The number of nitrogens with one attached hydrogen (secondary N) is 1. The summed E-state index contributed by atoms with van der Waals surface area (Å²) in [7, 11) is 0. The molecule has 1 aliphatic heterocycles. The fourth-order valence-corrected chi connectivity index (χ4v) is 2.56. The van der Waals surface area contributed by atoms with Gasteiger partial charge in [-0.15, -0.1) is 0 Å². The monoisotopic (exact) mass is 219 g/mol. The topological polar surface area (TPSA) is 32.3 Å². The molecule has 0 aromatic heterocycles. The molecule has 2 heteroatoms. The highest BCUT2D eigenvalue weighted by molar-refractivity contribution is 5.25. The molecule has 1 aromatic rings. The lowest BCUT2D eigenvalue weighted by molar-refractivity contribution is 0.204. The third kappa shape index (κ3) is 2.63. The summed E-state index contributed by atoms with van der Waals surface area (Å²) in [6.45, 7) is 4.52. The lowest BCUT2D eigenvalue weighted by Gasteiger charge is -2.30. The second-order valence-corrected chi connectivity index (χ2v) is 4.81. The summed E-state index contributed by atoms with van der Waals surface area (Å²) in [6, 6.07) is 8.58. The van der Waals surface area contributed by atoms with Gasteiger partial charge in [-0.05, 0) is 44.3 Å². The van der Waals surface area contributed by atoms with Gasteiger partial charge in [0.2, 0.25) is 0 Å². The molecular weight excluding hydrogens is 198 g/mol. The molecule has 1 saturated heterocycles. The predicted octanol–water partition coefficient (Wildman–Crippen LogP) is 2.07. The smallest absolute Gasteiger partial charge is 0.0502 e. The Bertz CT molecular complexity index is 314. The van der Waals surface area contributed by atoms with Crippen LogP contribution in [-0.4, -0.2) is 24.8 Å². The van der Waals surface area contributed by atoms with Crippen molar-refractivity contribution in [1.29, 1.82) is 0 Å². The highest BCUT2D eigenvalue weighted by Crippen LogP contribution is 2.29. The van der Waals surface area contributed by atoms with Gasteiger partial charge in [0.25, 0.3) is 0 Å². The normalized spacial score (nSPS) is 23.0. The Balaban J connectivity index is 2.11. The maximum Gasteiger partial charge on any atom is 0.0502 e. The van der Waals surface area contributed by atoms with Crippen molar-refractivity contribution in [2.45, 2.75) is 25.7 Å². The molecule has 2 atom stereocenters. The Hall–Kier alpha value is -0.860. The summed E-state index contributed by atoms with van der Waals surface area (Å²) >= 11 is 0. The highest BCUT2D eigenvalue weighted by atomic mass is 16.3. The van der Waals surface area contributed by atoms with Gasteiger partial charge in [0.1, 0.15) is 0 Å². The Morgan fingerprint density at radius 1 is 1.38 bits per heavy atom. The van der Waals surface area contributed by atoms with E-state index >= 15 is 0 Å². The highest BCUT2D eigenvalue weighted by Gasteiger charge is 2.24. The summed E-state index contributed by atoms with van der Waals surface area (Å²) in [5.74, 6) is 0.884. The minimum absolute atomic E-state index is 0.259. The van der Waals surface area contributed by atoms with Crippen molar-refractivity contribution < 1.29 is 5.11 Å². The summed E-state index contributed by atoms with van der Waals surface area (Å²) in [5, 5.41) is 13.0. The first-order valence-corrected chi connectivity index (χ1v) is 6.19. The number of hydrogen-bond acceptors (Lipinski definition) is 2. The Morgan fingerprint density at radius 2 is 2.12 bits per heavy atom. The van der Waals surface area contributed by atoms with E-state index in [9.17, 15) is 5.11 Å². The average molecular weight is 219 g/mol. The molecule has 2 rings (SSSR count). The van der Waals surface area contributed by atoms with Crippen LogP contribution in [-0.2, 0) is 0 Å². The minimum atomic E-state index is 0.259.